The van der Waals surface area contributed by atoms with Gasteiger partial charge in [0.15, 0.2) is 0 Å². The fraction of sp³-hybridized carbons (Fsp3) is 0.462. The Hall–Kier alpha value is -1.39. The first-order chi connectivity index (χ1) is 8.07. The van der Waals surface area contributed by atoms with E-state index in [1.54, 1.807) is 7.11 Å². The van der Waals surface area contributed by atoms with Crippen LogP contribution in [0.4, 0.5) is 0 Å². The zero-order chi connectivity index (χ0) is 12.8. The minimum absolute atomic E-state index is 0.362. The summed E-state index contributed by atoms with van der Waals surface area (Å²) in [5.74, 6) is -0.362. The van der Waals surface area contributed by atoms with E-state index in [1.165, 1.54) is 0 Å². The number of carbonyl (C=O) groups excluding carboxylic acids is 1. The Morgan fingerprint density at radius 3 is 2.47 bits per heavy atom. The molecule has 1 unspecified atom stereocenters. The first-order valence-corrected chi connectivity index (χ1v) is 5.65. The molecule has 1 amide bonds. The zero-order valence-electron chi connectivity index (χ0n) is 10.6. The van der Waals surface area contributed by atoms with Crippen molar-refractivity contribution < 1.29 is 9.53 Å². The zero-order valence-corrected chi connectivity index (χ0v) is 10.6. The van der Waals surface area contributed by atoms with Crippen molar-refractivity contribution in [3.05, 3.63) is 34.9 Å². The minimum atomic E-state index is -0.452. The van der Waals surface area contributed by atoms with E-state index < -0.39 is 6.04 Å². The van der Waals surface area contributed by atoms with Gasteiger partial charge in [-0.3, -0.25) is 10.1 Å². The molecule has 0 fully saturated rings. The SMILES string of the molecule is COCCNC(C(N)=O)c1c(C)cccc1C. The van der Waals surface area contributed by atoms with Crippen LogP contribution in [0.5, 0.6) is 0 Å². The van der Waals surface area contributed by atoms with Crippen molar-refractivity contribution in [1.29, 1.82) is 0 Å². The second kappa shape index (κ2) is 6.37. The molecule has 0 saturated carbocycles. The van der Waals surface area contributed by atoms with Gasteiger partial charge in [-0.1, -0.05) is 18.2 Å². The Balaban J connectivity index is 2.93. The van der Waals surface area contributed by atoms with Crippen molar-refractivity contribution in [3.63, 3.8) is 0 Å². The number of hydrogen-bond acceptors (Lipinski definition) is 3. The van der Waals surface area contributed by atoms with E-state index >= 15 is 0 Å². The number of rotatable bonds is 6. The predicted octanol–water partition coefficient (Wildman–Crippen LogP) is 1.07. The summed E-state index contributed by atoms with van der Waals surface area (Å²) in [7, 11) is 1.62. The van der Waals surface area contributed by atoms with Crippen molar-refractivity contribution in [1.82, 2.24) is 5.32 Å². The van der Waals surface area contributed by atoms with Gasteiger partial charge in [-0.25, -0.2) is 0 Å². The molecule has 17 heavy (non-hydrogen) atoms. The number of aryl methyl sites for hydroxylation is 2. The van der Waals surface area contributed by atoms with E-state index in [2.05, 4.69) is 5.32 Å². The van der Waals surface area contributed by atoms with E-state index in [0.717, 1.165) is 16.7 Å². The smallest absolute Gasteiger partial charge is 0.239 e. The lowest BCUT2D eigenvalue weighted by Gasteiger charge is -2.20. The molecule has 0 saturated heterocycles. The maximum absolute atomic E-state index is 11.5. The average Bonchev–Trinajstić information content (AvgIpc) is 2.26. The first kappa shape index (κ1) is 13.7. The van der Waals surface area contributed by atoms with Gasteiger partial charge in [-0.15, -0.1) is 0 Å². The Morgan fingerprint density at radius 2 is 2.00 bits per heavy atom. The summed E-state index contributed by atoms with van der Waals surface area (Å²) < 4.78 is 4.95. The van der Waals surface area contributed by atoms with Gasteiger partial charge in [0.05, 0.1) is 6.61 Å². The Morgan fingerprint density at radius 1 is 1.41 bits per heavy atom. The lowest BCUT2D eigenvalue weighted by Crippen LogP contribution is -2.36. The summed E-state index contributed by atoms with van der Waals surface area (Å²) >= 11 is 0. The Kier molecular flexibility index (Phi) is 5.12. The van der Waals surface area contributed by atoms with Crippen LogP contribution in [0.2, 0.25) is 0 Å². The largest absolute Gasteiger partial charge is 0.383 e. The van der Waals surface area contributed by atoms with Crippen molar-refractivity contribution >= 4 is 5.91 Å². The number of methoxy groups -OCH3 is 1. The van der Waals surface area contributed by atoms with Gasteiger partial charge in [-0.2, -0.15) is 0 Å². The normalized spacial score (nSPS) is 12.4. The van der Waals surface area contributed by atoms with E-state index in [0.29, 0.717) is 13.2 Å². The molecule has 3 N–H and O–H groups in total. The minimum Gasteiger partial charge on any atom is -0.383 e. The van der Waals surface area contributed by atoms with Gasteiger partial charge >= 0.3 is 0 Å². The summed E-state index contributed by atoms with van der Waals surface area (Å²) in [6.45, 7) is 5.11. The first-order valence-electron chi connectivity index (χ1n) is 5.65. The highest BCUT2D eigenvalue weighted by Crippen LogP contribution is 2.21. The second-order valence-corrected chi connectivity index (χ2v) is 4.09. The number of carbonyl (C=O) groups is 1. The van der Waals surface area contributed by atoms with Crippen LogP contribution in [-0.4, -0.2) is 26.2 Å². The van der Waals surface area contributed by atoms with Gasteiger partial charge < -0.3 is 10.5 Å². The van der Waals surface area contributed by atoms with Crippen LogP contribution in [0, 0.1) is 13.8 Å². The fourth-order valence-electron chi connectivity index (χ4n) is 1.93. The lowest BCUT2D eigenvalue weighted by molar-refractivity contribution is -0.120. The molecule has 0 radical (unpaired) electrons. The van der Waals surface area contributed by atoms with Crippen LogP contribution >= 0.6 is 0 Å². The highest BCUT2D eigenvalue weighted by molar-refractivity contribution is 5.82. The predicted molar refractivity (Wildman–Crippen MR) is 67.7 cm³/mol. The van der Waals surface area contributed by atoms with Gasteiger partial charge in [0.25, 0.3) is 0 Å². The third kappa shape index (κ3) is 3.54. The molecule has 4 heteroatoms. The van der Waals surface area contributed by atoms with Gasteiger partial charge in [-0.05, 0) is 30.5 Å². The number of nitrogens with two attached hydrogens (primary N) is 1. The lowest BCUT2D eigenvalue weighted by atomic mass is 9.95. The third-order valence-electron chi connectivity index (χ3n) is 2.77. The van der Waals surface area contributed by atoms with Crippen molar-refractivity contribution in [3.8, 4) is 0 Å². The number of nitrogens with one attached hydrogen (secondary N) is 1. The van der Waals surface area contributed by atoms with Crippen LogP contribution in [0.1, 0.15) is 22.7 Å². The Labute approximate surface area is 102 Å². The molecule has 0 bridgehead atoms. The number of benzene rings is 1. The number of hydrogen-bond donors (Lipinski definition) is 2. The molecule has 0 aromatic heterocycles. The summed E-state index contributed by atoms with van der Waals surface area (Å²) in [4.78, 5) is 11.5. The van der Waals surface area contributed by atoms with E-state index in [4.69, 9.17) is 10.5 Å². The molecule has 0 heterocycles. The molecular formula is C13H20N2O2. The number of amides is 1. The molecule has 0 spiro atoms. The molecule has 1 atom stereocenters. The molecule has 0 aliphatic heterocycles. The van der Waals surface area contributed by atoms with Crippen molar-refractivity contribution in [2.24, 2.45) is 5.73 Å². The second-order valence-electron chi connectivity index (χ2n) is 4.09. The molecule has 1 aromatic rings. The molecule has 0 aliphatic carbocycles. The van der Waals surface area contributed by atoms with Crippen LogP contribution in [0.3, 0.4) is 0 Å². The quantitative estimate of drug-likeness (QED) is 0.726. The molecule has 94 valence electrons. The summed E-state index contributed by atoms with van der Waals surface area (Å²) in [6.07, 6.45) is 0. The number of ether oxygens (including phenoxy) is 1. The fourth-order valence-corrected chi connectivity index (χ4v) is 1.93. The standard InChI is InChI=1S/C13H20N2O2/c1-9-5-4-6-10(2)11(9)12(13(14)16)15-7-8-17-3/h4-6,12,15H,7-8H2,1-3H3,(H2,14,16). The topological polar surface area (TPSA) is 64.3 Å². The van der Waals surface area contributed by atoms with E-state index in [9.17, 15) is 4.79 Å². The van der Waals surface area contributed by atoms with Crippen LogP contribution in [0.15, 0.2) is 18.2 Å². The van der Waals surface area contributed by atoms with E-state index in [-0.39, 0.29) is 5.91 Å². The molecule has 0 aliphatic rings. The monoisotopic (exact) mass is 236 g/mol. The summed E-state index contributed by atoms with van der Waals surface area (Å²) in [6, 6.07) is 5.49. The maximum Gasteiger partial charge on any atom is 0.239 e. The molecule has 4 nitrogen and oxygen atoms in total. The van der Waals surface area contributed by atoms with Gasteiger partial charge in [0.1, 0.15) is 6.04 Å². The summed E-state index contributed by atoms with van der Waals surface area (Å²) in [5.41, 5.74) is 8.55. The van der Waals surface area contributed by atoms with E-state index in [1.807, 2.05) is 32.0 Å². The van der Waals surface area contributed by atoms with Gasteiger partial charge in [0.2, 0.25) is 5.91 Å². The molecule has 1 aromatic carbocycles. The van der Waals surface area contributed by atoms with Gasteiger partial charge in [0, 0.05) is 13.7 Å². The average molecular weight is 236 g/mol. The maximum atomic E-state index is 11.5. The molecule has 1 rings (SSSR count). The van der Waals surface area contributed by atoms with Crippen molar-refractivity contribution in [2.75, 3.05) is 20.3 Å². The summed E-state index contributed by atoms with van der Waals surface area (Å²) in [5, 5.41) is 3.12. The van der Waals surface area contributed by atoms with Crippen LogP contribution in [0.25, 0.3) is 0 Å². The van der Waals surface area contributed by atoms with Crippen LogP contribution in [-0.2, 0) is 9.53 Å². The van der Waals surface area contributed by atoms with Crippen molar-refractivity contribution in [2.45, 2.75) is 19.9 Å². The Bertz CT molecular complexity index is 371. The third-order valence-corrected chi connectivity index (χ3v) is 2.77. The number of primary amides is 1. The molecular weight excluding hydrogens is 216 g/mol. The van der Waals surface area contributed by atoms with Crippen LogP contribution < -0.4 is 11.1 Å². The highest BCUT2D eigenvalue weighted by atomic mass is 16.5. The highest BCUT2D eigenvalue weighted by Gasteiger charge is 2.20.